The number of fused-ring (bicyclic) bond motifs is 6. The summed E-state index contributed by atoms with van der Waals surface area (Å²) in [4.78, 5) is 0. The second-order valence-electron chi connectivity index (χ2n) is 14.8. The Labute approximate surface area is 330 Å². The lowest BCUT2D eigenvalue weighted by atomic mass is 9.82. The van der Waals surface area contributed by atoms with E-state index in [1.165, 1.54) is 38.9 Å². The highest BCUT2D eigenvalue weighted by molar-refractivity contribution is 6.10. The zero-order valence-electron chi connectivity index (χ0n) is 31.1. The maximum atomic E-state index is 6.51. The van der Waals surface area contributed by atoms with Gasteiger partial charge < -0.3 is 8.83 Å². The summed E-state index contributed by atoms with van der Waals surface area (Å²) in [6, 6.07) is 76.0. The summed E-state index contributed by atoms with van der Waals surface area (Å²) in [5, 5.41) is 4.53. The molecule has 0 N–H and O–H groups in total. The summed E-state index contributed by atoms with van der Waals surface area (Å²) in [6.45, 7) is 0. The number of hydrogen-bond donors (Lipinski definition) is 0. The summed E-state index contributed by atoms with van der Waals surface area (Å²) in [5.41, 5.74) is 16.5. The van der Waals surface area contributed by atoms with Crippen LogP contribution in [0.3, 0.4) is 0 Å². The molecule has 0 aliphatic rings. The Balaban J connectivity index is 1.03. The van der Waals surface area contributed by atoms with Crippen molar-refractivity contribution in [2.75, 3.05) is 0 Å². The SMILES string of the molecule is c1ccc(-c2ccc(-c3ccc(C(c4cccc(-c5cccc6c5oc5ccccc56)c4)c4cccc(-c5cccc6c5oc5ccccc56)c4)cc3)cc2)cc1. The molecule has 2 aromatic heterocycles. The lowest BCUT2D eigenvalue weighted by molar-refractivity contribution is 0.669. The van der Waals surface area contributed by atoms with E-state index in [1.54, 1.807) is 0 Å². The molecule has 0 fully saturated rings. The third-order valence-electron chi connectivity index (χ3n) is 11.4. The molecule has 11 rings (SSSR count). The van der Waals surface area contributed by atoms with Crippen LogP contribution in [0.5, 0.6) is 0 Å². The van der Waals surface area contributed by atoms with Crippen molar-refractivity contribution >= 4 is 43.9 Å². The third kappa shape index (κ3) is 5.82. The van der Waals surface area contributed by atoms with E-state index in [9.17, 15) is 0 Å². The Kier molecular flexibility index (Phi) is 7.93. The average molecular weight is 729 g/mol. The van der Waals surface area contributed by atoms with Crippen LogP contribution in [0.2, 0.25) is 0 Å². The van der Waals surface area contributed by atoms with Gasteiger partial charge in [-0.25, -0.2) is 0 Å². The molecule has 11 aromatic rings. The van der Waals surface area contributed by atoms with Crippen LogP contribution in [0.1, 0.15) is 22.6 Å². The molecule has 57 heavy (non-hydrogen) atoms. The molecule has 0 unspecified atom stereocenters. The van der Waals surface area contributed by atoms with E-state index in [0.717, 1.165) is 66.1 Å². The Morgan fingerprint density at radius 2 is 0.649 bits per heavy atom. The predicted molar refractivity (Wildman–Crippen MR) is 237 cm³/mol. The van der Waals surface area contributed by atoms with Gasteiger partial charge in [0.15, 0.2) is 0 Å². The molecule has 2 nitrogen and oxygen atoms in total. The molecule has 0 saturated carbocycles. The summed E-state index contributed by atoms with van der Waals surface area (Å²) in [6.07, 6.45) is 0. The average Bonchev–Trinajstić information content (AvgIpc) is 3.86. The number of hydrogen-bond acceptors (Lipinski definition) is 2. The summed E-state index contributed by atoms with van der Waals surface area (Å²) < 4.78 is 13.0. The molecule has 0 spiro atoms. The summed E-state index contributed by atoms with van der Waals surface area (Å²) >= 11 is 0. The fourth-order valence-corrected chi connectivity index (χ4v) is 8.65. The summed E-state index contributed by atoms with van der Waals surface area (Å²) in [5.74, 6) is -0.0378. The first-order chi connectivity index (χ1) is 28.2. The van der Waals surface area contributed by atoms with E-state index < -0.39 is 0 Å². The van der Waals surface area contributed by atoms with Crippen LogP contribution in [0.25, 0.3) is 88.4 Å². The Morgan fingerprint density at radius 1 is 0.263 bits per heavy atom. The highest BCUT2D eigenvalue weighted by Gasteiger charge is 2.21. The minimum Gasteiger partial charge on any atom is -0.455 e. The Morgan fingerprint density at radius 3 is 1.16 bits per heavy atom. The number of furan rings is 2. The molecule has 0 aliphatic carbocycles. The molecule has 0 bridgehead atoms. The van der Waals surface area contributed by atoms with Crippen molar-refractivity contribution in [2.24, 2.45) is 0 Å². The van der Waals surface area contributed by atoms with Crippen molar-refractivity contribution in [2.45, 2.75) is 5.92 Å². The topological polar surface area (TPSA) is 26.3 Å². The molecule has 0 radical (unpaired) electrons. The molecule has 9 aromatic carbocycles. The van der Waals surface area contributed by atoms with Gasteiger partial charge in [-0.15, -0.1) is 0 Å². The molecule has 2 heterocycles. The second kappa shape index (κ2) is 13.7. The van der Waals surface area contributed by atoms with Crippen molar-refractivity contribution in [1.82, 2.24) is 0 Å². The molecule has 2 heteroatoms. The van der Waals surface area contributed by atoms with E-state index in [0.29, 0.717) is 0 Å². The maximum absolute atomic E-state index is 6.51. The lowest BCUT2D eigenvalue weighted by Crippen LogP contribution is -2.04. The monoisotopic (exact) mass is 728 g/mol. The van der Waals surface area contributed by atoms with Gasteiger partial charge in [0.25, 0.3) is 0 Å². The molecular weight excluding hydrogens is 693 g/mol. The van der Waals surface area contributed by atoms with Crippen molar-refractivity contribution in [3.05, 3.63) is 229 Å². The molecule has 0 amide bonds. The van der Waals surface area contributed by atoms with E-state index >= 15 is 0 Å². The minimum absolute atomic E-state index is 0.0378. The zero-order chi connectivity index (χ0) is 37.7. The van der Waals surface area contributed by atoms with Gasteiger partial charge in [-0.1, -0.05) is 200 Å². The van der Waals surface area contributed by atoms with Crippen LogP contribution < -0.4 is 0 Å². The molecular formula is C55H36O2. The van der Waals surface area contributed by atoms with Crippen molar-refractivity contribution < 1.29 is 8.83 Å². The van der Waals surface area contributed by atoms with Gasteiger partial charge in [-0.3, -0.25) is 0 Å². The van der Waals surface area contributed by atoms with Gasteiger partial charge in [0.1, 0.15) is 22.3 Å². The smallest absolute Gasteiger partial charge is 0.143 e. The van der Waals surface area contributed by atoms with E-state index in [-0.39, 0.29) is 5.92 Å². The van der Waals surface area contributed by atoms with Gasteiger partial charge >= 0.3 is 0 Å². The first-order valence-electron chi connectivity index (χ1n) is 19.5. The molecule has 0 atom stereocenters. The van der Waals surface area contributed by atoms with E-state index in [4.69, 9.17) is 8.83 Å². The van der Waals surface area contributed by atoms with Crippen molar-refractivity contribution in [1.29, 1.82) is 0 Å². The molecule has 0 aliphatic heterocycles. The van der Waals surface area contributed by atoms with Gasteiger partial charge in [0, 0.05) is 38.6 Å². The maximum Gasteiger partial charge on any atom is 0.143 e. The fraction of sp³-hybridized carbons (Fsp3) is 0.0182. The third-order valence-corrected chi connectivity index (χ3v) is 11.4. The fourth-order valence-electron chi connectivity index (χ4n) is 8.65. The highest BCUT2D eigenvalue weighted by Crippen LogP contribution is 2.41. The van der Waals surface area contributed by atoms with Crippen LogP contribution in [-0.2, 0) is 0 Å². The largest absolute Gasteiger partial charge is 0.455 e. The Hall–Kier alpha value is -7.42. The van der Waals surface area contributed by atoms with Crippen LogP contribution in [0, 0.1) is 0 Å². The van der Waals surface area contributed by atoms with Crippen LogP contribution >= 0.6 is 0 Å². The quantitative estimate of drug-likeness (QED) is 0.153. The Bertz CT molecular complexity index is 3060. The first-order valence-corrected chi connectivity index (χ1v) is 19.5. The zero-order valence-corrected chi connectivity index (χ0v) is 31.1. The second-order valence-corrected chi connectivity index (χ2v) is 14.8. The summed E-state index contributed by atoms with van der Waals surface area (Å²) in [7, 11) is 0. The van der Waals surface area contributed by atoms with Gasteiger partial charge in [0.05, 0.1) is 0 Å². The van der Waals surface area contributed by atoms with Gasteiger partial charge in [-0.2, -0.15) is 0 Å². The van der Waals surface area contributed by atoms with E-state index in [1.807, 2.05) is 24.3 Å². The molecule has 268 valence electrons. The molecule has 0 saturated heterocycles. The lowest BCUT2D eigenvalue weighted by Gasteiger charge is -2.21. The minimum atomic E-state index is -0.0378. The predicted octanol–water partition coefficient (Wildman–Crippen LogP) is 15.3. The highest BCUT2D eigenvalue weighted by atomic mass is 16.3. The van der Waals surface area contributed by atoms with Gasteiger partial charge in [0.2, 0.25) is 0 Å². The van der Waals surface area contributed by atoms with Crippen molar-refractivity contribution in [3.8, 4) is 44.5 Å². The normalized spacial score (nSPS) is 11.7. The standard InChI is InChI=1S/C55H36O2/c1-2-12-36(13-3-1)37-26-28-38(29-27-37)39-30-32-40(33-31-39)53(43-16-8-14-41(34-43)45-20-10-22-49-47-18-4-6-24-51(47)56-54(45)49)44-17-9-15-42(35-44)46-21-11-23-50-48-19-5-7-25-52(48)57-55(46)50/h1-35,53H. The van der Waals surface area contributed by atoms with E-state index in [2.05, 4.69) is 188 Å². The number of benzene rings is 9. The van der Waals surface area contributed by atoms with Crippen LogP contribution in [0.15, 0.2) is 221 Å². The number of rotatable bonds is 7. The van der Waals surface area contributed by atoms with Gasteiger partial charge in [-0.05, 0) is 62.2 Å². The van der Waals surface area contributed by atoms with Crippen molar-refractivity contribution in [3.63, 3.8) is 0 Å². The first kappa shape index (κ1) is 33.0. The van der Waals surface area contributed by atoms with Crippen LogP contribution in [-0.4, -0.2) is 0 Å². The van der Waals surface area contributed by atoms with Crippen LogP contribution in [0.4, 0.5) is 0 Å². The number of para-hydroxylation sites is 4.